The van der Waals surface area contributed by atoms with Crippen LogP contribution < -0.4 is 0 Å². The first-order valence-corrected chi connectivity index (χ1v) is 6.46. The standard InChI is InChI=1S/C13H15NO3S/c1-10(15)18-8-4-3-5-11-6-7-12(14-9-11)13(16)17-2/h3,5-7,9H,4,8H2,1-2H3. The number of hydrogen-bond donors (Lipinski definition) is 0. The summed E-state index contributed by atoms with van der Waals surface area (Å²) in [5.41, 5.74) is 1.21. The number of aromatic nitrogens is 1. The van der Waals surface area contributed by atoms with Crippen LogP contribution >= 0.6 is 11.8 Å². The van der Waals surface area contributed by atoms with Crippen molar-refractivity contribution in [2.45, 2.75) is 13.3 Å². The van der Waals surface area contributed by atoms with Crippen LogP contribution in [0.1, 0.15) is 29.4 Å². The summed E-state index contributed by atoms with van der Waals surface area (Å²) < 4.78 is 4.56. The SMILES string of the molecule is COC(=O)c1ccc(C=CCCSC(C)=O)cn1. The summed E-state index contributed by atoms with van der Waals surface area (Å²) in [6, 6.07) is 3.42. The molecule has 0 aliphatic heterocycles. The molecule has 0 N–H and O–H groups in total. The molecule has 0 spiro atoms. The summed E-state index contributed by atoms with van der Waals surface area (Å²) in [6.07, 6.45) is 6.32. The molecule has 1 heterocycles. The summed E-state index contributed by atoms with van der Waals surface area (Å²) in [5, 5.41) is 0.132. The number of thioether (sulfide) groups is 1. The quantitative estimate of drug-likeness (QED) is 0.605. The van der Waals surface area contributed by atoms with Crippen LogP contribution in [0.25, 0.3) is 6.08 Å². The Bertz CT molecular complexity index is 440. The van der Waals surface area contributed by atoms with E-state index in [2.05, 4.69) is 9.72 Å². The van der Waals surface area contributed by atoms with Crippen LogP contribution in [-0.2, 0) is 9.53 Å². The Labute approximate surface area is 110 Å². The van der Waals surface area contributed by atoms with Crippen molar-refractivity contribution in [1.82, 2.24) is 4.98 Å². The fourth-order valence-corrected chi connectivity index (χ4v) is 1.76. The van der Waals surface area contributed by atoms with E-state index in [1.165, 1.54) is 18.9 Å². The molecular formula is C13H15NO3S. The van der Waals surface area contributed by atoms with Gasteiger partial charge in [0.1, 0.15) is 5.69 Å². The number of ether oxygens (including phenoxy) is 1. The minimum Gasteiger partial charge on any atom is -0.464 e. The van der Waals surface area contributed by atoms with Crippen molar-refractivity contribution >= 4 is 28.9 Å². The molecule has 0 aromatic carbocycles. The third-order valence-corrected chi connectivity index (χ3v) is 2.93. The minimum atomic E-state index is -0.441. The number of pyridine rings is 1. The molecule has 5 heteroatoms. The Hall–Kier alpha value is -1.62. The Kier molecular flexibility index (Phi) is 6.14. The van der Waals surface area contributed by atoms with E-state index in [-0.39, 0.29) is 5.12 Å². The van der Waals surface area contributed by atoms with Crippen LogP contribution in [0, 0.1) is 0 Å². The Morgan fingerprint density at radius 1 is 1.44 bits per heavy atom. The van der Waals surface area contributed by atoms with Crippen molar-refractivity contribution in [2.24, 2.45) is 0 Å². The van der Waals surface area contributed by atoms with Crippen molar-refractivity contribution in [2.75, 3.05) is 12.9 Å². The lowest BCUT2D eigenvalue weighted by molar-refractivity contribution is -0.109. The smallest absolute Gasteiger partial charge is 0.356 e. The van der Waals surface area contributed by atoms with Gasteiger partial charge in [-0.05, 0) is 18.1 Å². The van der Waals surface area contributed by atoms with E-state index in [4.69, 9.17) is 0 Å². The molecule has 0 radical (unpaired) electrons. The second kappa shape index (κ2) is 7.66. The summed E-state index contributed by atoms with van der Waals surface area (Å²) in [5.74, 6) is 0.336. The molecule has 18 heavy (non-hydrogen) atoms. The van der Waals surface area contributed by atoms with E-state index in [1.54, 1.807) is 25.3 Å². The molecule has 4 nitrogen and oxygen atoms in total. The average Bonchev–Trinajstić information content (AvgIpc) is 2.38. The van der Waals surface area contributed by atoms with Crippen molar-refractivity contribution in [3.05, 3.63) is 35.7 Å². The number of methoxy groups -OCH3 is 1. The number of carbonyl (C=O) groups is 2. The Morgan fingerprint density at radius 2 is 2.22 bits per heavy atom. The zero-order chi connectivity index (χ0) is 13.4. The second-order valence-corrected chi connectivity index (χ2v) is 4.77. The Balaban J connectivity index is 2.45. The fourth-order valence-electron chi connectivity index (χ4n) is 1.22. The van der Waals surface area contributed by atoms with E-state index < -0.39 is 5.97 Å². The fraction of sp³-hybridized carbons (Fsp3) is 0.308. The molecule has 0 saturated carbocycles. The van der Waals surface area contributed by atoms with Gasteiger partial charge in [-0.2, -0.15) is 0 Å². The predicted octanol–water partition coefficient (Wildman–Crippen LogP) is 2.55. The van der Waals surface area contributed by atoms with E-state index in [1.807, 2.05) is 12.2 Å². The van der Waals surface area contributed by atoms with Gasteiger partial charge in [-0.1, -0.05) is 30.0 Å². The highest BCUT2D eigenvalue weighted by Gasteiger charge is 2.04. The summed E-state index contributed by atoms with van der Waals surface area (Å²) in [6.45, 7) is 1.56. The maximum Gasteiger partial charge on any atom is 0.356 e. The van der Waals surface area contributed by atoms with Gasteiger partial charge in [-0.25, -0.2) is 9.78 Å². The van der Waals surface area contributed by atoms with Gasteiger partial charge in [0.25, 0.3) is 0 Å². The molecule has 1 aromatic rings. The zero-order valence-electron chi connectivity index (χ0n) is 10.4. The number of carbonyl (C=O) groups excluding carboxylic acids is 2. The van der Waals surface area contributed by atoms with Crippen LogP contribution in [0.2, 0.25) is 0 Å². The lowest BCUT2D eigenvalue weighted by Crippen LogP contribution is -2.03. The molecule has 0 aliphatic rings. The number of allylic oxidation sites excluding steroid dienone is 1. The maximum absolute atomic E-state index is 11.2. The first kappa shape index (κ1) is 14.4. The second-order valence-electron chi connectivity index (χ2n) is 3.50. The minimum absolute atomic E-state index is 0.132. The van der Waals surface area contributed by atoms with Gasteiger partial charge in [0.15, 0.2) is 5.12 Å². The molecule has 0 aliphatic carbocycles. The van der Waals surface area contributed by atoms with Gasteiger partial charge in [-0.3, -0.25) is 4.79 Å². The molecule has 0 atom stereocenters. The van der Waals surface area contributed by atoms with Gasteiger partial charge in [0.2, 0.25) is 0 Å². The van der Waals surface area contributed by atoms with Gasteiger partial charge in [0.05, 0.1) is 7.11 Å². The van der Waals surface area contributed by atoms with Crippen LogP contribution in [0.4, 0.5) is 0 Å². The van der Waals surface area contributed by atoms with E-state index in [0.717, 1.165) is 17.7 Å². The van der Waals surface area contributed by atoms with E-state index in [9.17, 15) is 9.59 Å². The molecule has 0 amide bonds. The van der Waals surface area contributed by atoms with E-state index >= 15 is 0 Å². The monoisotopic (exact) mass is 265 g/mol. The Morgan fingerprint density at radius 3 is 2.78 bits per heavy atom. The van der Waals surface area contributed by atoms with Gasteiger partial charge in [0, 0.05) is 18.9 Å². The molecule has 0 saturated heterocycles. The number of nitrogens with zero attached hydrogens (tertiary/aromatic N) is 1. The number of hydrogen-bond acceptors (Lipinski definition) is 5. The van der Waals surface area contributed by atoms with Crippen LogP contribution in [0.15, 0.2) is 24.4 Å². The first-order chi connectivity index (χ1) is 8.63. The van der Waals surface area contributed by atoms with Gasteiger partial charge < -0.3 is 4.74 Å². The van der Waals surface area contributed by atoms with E-state index in [0.29, 0.717) is 5.69 Å². The van der Waals surface area contributed by atoms with Crippen molar-refractivity contribution < 1.29 is 14.3 Å². The molecule has 0 bridgehead atoms. The highest BCUT2D eigenvalue weighted by Crippen LogP contribution is 2.07. The summed E-state index contributed by atoms with van der Waals surface area (Å²) >= 11 is 1.31. The maximum atomic E-state index is 11.2. The molecule has 0 unspecified atom stereocenters. The van der Waals surface area contributed by atoms with Gasteiger partial charge in [-0.15, -0.1) is 0 Å². The van der Waals surface area contributed by atoms with Crippen molar-refractivity contribution in [3.8, 4) is 0 Å². The third-order valence-electron chi connectivity index (χ3n) is 2.08. The topological polar surface area (TPSA) is 56.3 Å². The lowest BCUT2D eigenvalue weighted by Gasteiger charge is -1.98. The third kappa shape index (κ3) is 5.14. The largest absolute Gasteiger partial charge is 0.464 e. The summed E-state index contributed by atoms with van der Waals surface area (Å²) in [7, 11) is 1.32. The normalized spacial score (nSPS) is 10.6. The van der Waals surface area contributed by atoms with Crippen LogP contribution in [0.5, 0.6) is 0 Å². The lowest BCUT2D eigenvalue weighted by atomic mass is 10.2. The summed E-state index contributed by atoms with van der Waals surface area (Å²) in [4.78, 5) is 25.8. The molecule has 96 valence electrons. The predicted molar refractivity (Wildman–Crippen MR) is 72.4 cm³/mol. The molecule has 1 aromatic heterocycles. The molecular weight excluding hydrogens is 250 g/mol. The average molecular weight is 265 g/mol. The highest BCUT2D eigenvalue weighted by molar-refractivity contribution is 8.13. The molecule has 1 rings (SSSR count). The zero-order valence-corrected chi connectivity index (χ0v) is 11.2. The van der Waals surface area contributed by atoms with Gasteiger partial charge >= 0.3 is 5.97 Å². The first-order valence-electron chi connectivity index (χ1n) is 5.47. The van der Waals surface area contributed by atoms with Crippen LogP contribution in [0.3, 0.4) is 0 Å². The van der Waals surface area contributed by atoms with Crippen LogP contribution in [-0.4, -0.2) is 28.9 Å². The molecule has 0 fully saturated rings. The van der Waals surface area contributed by atoms with Crippen molar-refractivity contribution in [1.29, 1.82) is 0 Å². The number of rotatable bonds is 5. The van der Waals surface area contributed by atoms with Crippen molar-refractivity contribution in [3.63, 3.8) is 0 Å². The number of esters is 1. The highest BCUT2D eigenvalue weighted by atomic mass is 32.2.